The Labute approximate surface area is 103 Å². The first kappa shape index (κ1) is 10.4. The van der Waals surface area contributed by atoms with Crippen molar-refractivity contribution in [3.8, 4) is 11.5 Å². The van der Waals surface area contributed by atoms with Crippen LogP contribution < -0.4 is 14.8 Å². The summed E-state index contributed by atoms with van der Waals surface area (Å²) in [4.78, 5) is 0. The van der Waals surface area contributed by atoms with Crippen LogP contribution >= 0.6 is 15.9 Å². The third kappa shape index (κ3) is 1.92. The summed E-state index contributed by atoms with van der Waals surface area (Å²) in [5.41, 5.74) is 1.30. The summed E-state index contributed by atoms with van der Waals surface area (Å²) >= 11 is 3.59. The van der Waals surface area contributed by atoms with Gasteiger partial charge < -0.3 is 14.8 Å². The predicted octanol–water partition coefficient (Wildman–Crippen LogP) is 2.47. The minimum absolute atomic E-state index is 0.340. The highest BCUT2D eigenvalue weighted by Gasteiger charge is 2.20. The molecule has 0 saturated carbocycles. The smallest absolute Gasteiger partial charge is 0.231 e. The van der Waals surface area contributed by atoms with Gasteiger partial charge in [-0.25, -0.2) is 0 Å². The number of fused-ring (bicyclic) bond motifs is 1. The molecular weight excluding hydrogens is 270 g/mol. The molecule has 3 nitrogen and oxygen atoms in total. The number of ether oxygens (including phenoxy) is 2. The van der Waals surface area contributed by atoms with Gasteiger partial charge in [0.1, 0.15) is 0 Å². The fourth-order valence-corrected chi connectivity index (χ4v) is 2.80. The van der Waals surface area contributed by atoms with Gasteiger partial charge in [-0.3, -0.25) is 0 Å². The molecule has 0 aliphatic carbocycles. The van der Waals surface area contributed by atoms with Crippen molar-refractivity contribution in [3.05, 3.63) is 22.2 Å². The predicted molar refractivity (Wildman–Crippen MR) is 65.0 cm³/mol. The van der Waals surface area contributed by atoms with E-state index in [0.29, 0.717) is 12.8 Å². The zero-order valence-corrected chi connectivity index (χ0v) is 10.5. The molecule has 1 fully saturated rings. The van der Waals surface area contributed by atoms with Crippen molar-refractivity contribution in [1.29, 1.82) is 0 Å². The summed E-state index contributed by atoms with van der Waals surface area (Å²) in [6.07, 6.45) is 3.60. The molecule has 0 spiro atoms. The van der Waals surface area contributed by atoms with Gasteiger partial charge in [-0.2, -0.15) is 0 Å². The van der Waals surface area contributed by atoms with Crippen molar-refractivity contribution >= 4 is 15.9 Å². The fourth-order valence-electron chi connectivity index (χ4n) is 2.31. The van der Waals surface area contributed by atoms with Crippen molar-refractivity contribution in [2.45, 2.75) is 25.3 Å². The third-order valence-electron chi connectivity index (χ3n) is 3.17. The van der Waals surface area contributed by atoms with E-state index >= 15 is 0 Å². The van der Waals surface area contributed by atoms with Crippen LogP contribution in [0.4, 0.5) is 0 Å². The molecule has 2 aliphatic heterocycles. The van der Waals surface area contributed by atoms with Gasteiger partial charge in [-0.15, -0.1) is 0 Å². The van der Waals surface area contributed by atoms with Crippen LogP contribution in [0, 0.1) is 0 Å². The van der Waals surface area contributed by atoms with Gasteiger partial charge in [0.2, 0.25) is 6.79 Å². The molecule has 0 bridgehead atoms. The van der Waals surface area contributed by atoms with Crippen LogP contribution in [0.25, 0.3) is 0 Å². The number of halogens is 1. The number of rotatable bonds is 2. The lowest BCUT2D eigenvalue weighted by atomic mass is 10.0. The molecule has 1 aromatic rings. The van der Waals surface area contributed by atoms with Crippen molar-refractivity contribution in [2.24, 2.45) is 0 Å². The van der Waals surface area contributed by atoms with E-state index in [0.717, 1.165) is 28.9 Å². The van der Waals surface area contributed by atoms with E-state index < -0.39 is 0 Å². The molecule has 86 valence electrons. The van der Waals surface area contributed by atoms with Crippen LogP contribution in [-0.2, 0) is 6.42 Å². The fraction of sp³-hybridized carbons (Fsp3) is 0.500. The zero-order chi connectivity index (χ0) is 11.0. The molecule has 0 amide bonds. The third-order valence-corrected chi connectivity index (χ3v) is 3.91. The van der Waals surface area contributed by atoms with Gasteiger partial charge in [0.05, 0.1) is 0 Å². The molecule has 3 rings (SSSR count). The number of benzene rings is 1. The highest BCUT2D eigenvalue weighted by Crippen LogP contribution is 2.37. The summed E-state index contributed by atoms with van der Waals surface area (Å²) in [6.45, 7) is 1.49. The topological polar surface area (TPSA) is 30.5 Å². The average molecular weight is 284 g/mol. The maximum absolute atomic E-state index is 5.40. The highest BCUT2D eigenvalue weighted by molar-refractivity contribution is 9.10. The van der Waals surface area contributed by atoms with Crippen LogP contribution in [0.3, 0.4) is 0 Å². The quantitative estimate of drug-likeness (QED) is 0.905. The second-order valence-corrected chi connectivity index (χ2v) is 5.15. The zero-order valence-electron chi connectivity index (χ0n) is 8.96. The van der Waals surface area contributed by atoms with Crippen LogP contribution in [0.1, 0.15) is 18.4 Å². The van der Waals surface area contributed by atoms with E-state index in [4.69, 9.17) is 9.47 Å². The second kappa shape index (κ2) is 4.26. The minimum Gasteiger partial charge on any atom is -0.454 e. The lowest BCUT2D eigenvalue weighted by molar-refractivity contribution is 0.174. The Morgan fingerprint density at radius 1 is 1.31 bits per heavy atom. The Balaban J connectivity index is 1.83. The lowest BCUT2D eigenvalue weighted by Gasteiger charge is -2.12. The normalized spacial score (nSPS) is 22.7. The standard InChI is InChI=1S/C12H14BrNO2/c13-10-6-12-11(15-7-16-12)5-8(10)4-9-2-1-3-14-9/h5-6,9,14H,1-4,7H2. The molecule has 4 heteroatoms. The van der Waals surface area contributed by atoms with Gasteiger partial charge in [0.15, 0.2) is 11.5 Å². The summed E-state index contributed by atoms with van der Waals surface area (Å²) in [6, 6.07) is 4.70. The van der Waals surface area contributed by atoms with Crippen molar-refractivity contribution in [2.75, 3.05) is 13.3 Å². The van der Waals surface area contributed by atoms with Crippen LogP contribution in [0.5, 0.6) is 11.5 Å². The van der Waals surface area contributed by atoms with E-state index in [1.54, 1.807) is 0 Å². The molecular formula is C12H14BrNO2. The van der Waals surface area contributed by atoms with Gasteiger partial charge >= 0.3 is 0 Å². The SMILES string of the molecule is Brc1cc2c(cc1CC1CCCN1)OCO2. The van der Waals surface area contributed by atoms with E-state index in [9.17, 15) is 0 Å². The number of hydrogen-bond acceptors (Lipinski definition) is 3. The minimum atomic E-state index is 0.340. The molecule has 0 aromatic heterocycles. The molecule has 16 heavy (non-hydrogen) atoms. The Bertz CT molecular complexity index is 402. The Hall–Kier alpha value is -0.740. The average Bonchev–Trinajstić information content (AvgIpc) is 2.89. The van der Waals surface area contributed by atoms with Gasteiger partial charge in [-0.05, 0) is 43.5 Å². The Morgan fingerprint density at radius 2 is 2.12 bits per heavy atom. The largest absolute Gasteiger partial charge is 0.454 e. The first-order valence-corrected chi connectivity index (χ1v) is 6.43. The Morgan fingerprint density at radius 3 is 2.88 bits per heavy atom. The molecule has 2 aliphatic rings. The van der Waals surface area contributed by atoms with Gasteiger partial charge in [-0.1, -0.05) is 15.9 Å². The number of hydrogen-bond donors (Lipinski definition) is 1. The van der Waals surface area contributed by atoms with Crippen LogP contribution in [-0.4, -0.2) is 19.4 Å². The second-order valence-electron chi connectivity index (χ2n) is 4.29. The van der Waals surface area contributed by atoms with Crippen molar-refractivity contribution in [1.82, 2.24) is 5.32 Å². The summed E-state index contributed by atoms with van der Waals surface area (Å²) in [5.74, 6) is 1.71. The lowest BCUT2D eigenvalue weighted by Crippen LogP contribution is -2.23. The first-order valence-electron chi connectivity index (χ1n) is 5.64. The summed E-state index contributed by atoms with van der Waals surface area (Å²) in [7, 11) is 0. The molecule has 1 aromatic carbocycles. The maximum Gasteiger partial charge on any atom is 0.231 e. The van der Waals surface area contributed by atoms with Crippen molar-refractivity contribution < 1.29 is 9.47 Å². The Kier molecular flexibility index (Phi) is 2.77. The number of nitrogens with one attached hydrogen (secondary N) is 1. The van der Waals surface area contributed by atoms with Gasteiger partial charge in [0, 0.05) is 10.5 Å². The molecule has 2 heterocycles. The highest BCUT2D eigenvalue weighted by atomic mass is 79.9. The van der Waals surface area contributed by atoms with E-state index in [2.05, 4.69) is 27.3 Å². The van der Waals surface area contributed by atoms with E-state index in [1.807, 2.05) is 6.07 Å². The van der Waals surface area contributed by atoms with Gasteiger partial charge in [0.25, 0.3) is 0 Å². The first-order chi connectivity index (χ1) is 7.83. The molecule has 1 N–H and O–H groups in total. The van der Waals surface area contributed by atoms with Crippen molar-refractivity contribution in [3.63, 3.8) is 0 Å². The summed E-state index contributed by atoms with van der Waals surface area (Å²) < 4.78 is 11.8. The van der Waals surface area contributed by atoms with Crippen LogP contribution in [0.15, 0.2) is 16.6 Å². The molecule has 0 radical (unpaired) electrons. The van der Waals surface area contributed by atoms with E-state index in [-0.39, 0.29) is 0 Å². The molecule has 1 saturated heterocycles. The van der Waals surface area contributed by atoms with E-state index in [1.165, 1.54) is 18.4 Å². The van der Waals surface area contributed by atoms with Crippen LogP contribution in [0.2, 0.25) is 0 Å². The summed E-state index contributed by atoms with van der Waals surface area (Å²) in [5, 5.41) is 3.51. The molecule has 1 unspecified atom stereocenters. The monoisotopic (exact) mass is 283 g/mol. The molecule has 1 atom stereocenters. The maximum atomic E-state index is 5.40.